The molecule has 0 aliphatic heterocycles. The Hall–Kier alpha value is -1.62. The average Bonchev–Trinajstić information content (AvgIpc) is 2.90. The van der Waals surface area contributed by atoms with Crippen molar-refractivity contribution in [1.29, 1.82) is 0 Å². The quantitative estimate of drug-likeness (QED) is 0.0663. The molecule has 1 atom stereocenters. The fourth-order valence-corrected chi connectivity index (χ4v) is 4.06. The molecule has 0 aromatic carbocycles. The fraction of sp³-hybridized carbons (Fsp3) is 0.812. The highest BCUT2D eigenvalue weighted by atomic mass is 16.6. The summed E-state index contributed by atoms with van der Waals surface area (Å²) in [5, 5.41) is 9.46. The van der Waals surface area contributed by atoms with E-state index < -0.39 is 6.10 Å². The lowest BCUT2D eigenvalue weighted by molar-refractivity contribution is -0.161. The minimum Gasteiger partial charge on any atom is -0.462 e. The van der Waals surface area contributed by atoms with Crippen LogP contribution < -0.4 is 0 Å². The number of hydrogen-bond acceptors (Lipinski definition) is 5. The molecule has 0 aromatic rings. The van der Waals surface area contributed by atoms with Gasteiger partial charge in [-0.1, -0.05) is 102 Å². The van der Waals surface area contributed by atoms with Crippen molar-refractivity contribution in [2.75, 3.05) is 13.2 Å². The number of carbonyl (C=O) groups is 2. The molecule has 216 valence electrons. The summed E-state index contributed by atoms with van der Waals surface area (Å²) in [5.41, 5.74) is 0. The zero-order chi connectivity index (χ0) is 27.2. The maximum Gasteiger partial charge on any atom is 0.306 e. The van der Waals surface area contributed by atoms with Gasteiger partial charge >= 0.3 is 11.9 Å². The molecule has 0 aromatic heterocycles. The van der Waals surface area contributed by atoms with Crippen LogP contribution >= 0.6 is 0 Å². The zero-order valence-electron chi connectivity index (χ0n) is 24.2. The summed E-state index contributed by atoms with van der Waals surface area (Å²) in [7, 11) is 0. The predicted octanol–water partition coefficient (Wildman–Crippen LogP) is 8.78. The summed E-state index contributed by atoms with van der Waals surface area (Å²) < 4.78 is 10.5. The number of unbranched alkanes of at least 4 members (excludes halogenated alkanes) is 15. The molecule has 0 amide bonds. The van der Waals surface area contributed by atoms with E-state index in [4.69, 9.17) is 9.47 Å². The summed E-state index contributed by atoms with van der Waals surface area (Å²) in [6.45, 7) is 4.03. The van der Waals surface area contributed by atoms with Gasteiger partial charge in [0.15, 0.2) is 6.10 Å². The monoisotopic (exact) mass is 522 g/mol. The molecule has 37 heavy (non-hydrogen) atoms. The first kappa shape index (κ1) is 35.4. The van der Waals surface area contributed by atoms with E-state index >= 15 is 0 Å². The maximum atomic E-state index is 12.0. The van der Waals surface area contributed by atoms with Gasteiger partial charge < -0.3 is 14.6 Å². The molecule has 1 unspecified atom stereocenters. The van der Waals surface area contributed by atoms with Crippen molar-refractivity contribution in [3.8, 4) is 0 Å². The van der Waals surface area contributed by atoms with E-state index in [-0.39, 0.29) is 25.2 Å². The highest BCUT2D eigenvalue weighted by Crippen LogP contribution is 2.11. The minimum atomic E-state index is -0.772. The van der Waals surface area contributed by atoms with E-state index in [1.165, 1.54) is 70.6 Å². The first-order chi connectivity index (χ1) is 18.1. The number of carbonyl (C=O) groups excluding carboxylic acids is 2. The molecule has 0 fully saturated rings. The van der Waals surface area contributed by atoms with Crippen LogP contribution in [0.1, 0.15) is 149 Å². The Morgan fingerprint density at radius 2 is 1.03 bits per heavy atom. The van der Waals surface area contributed by atoms with Crippen LogP contribution in [-0.4, -0.2) is 36.4 Å². The van der Waals surface area contributed by atoms with Crippen molar-refractivity contribution in [2.45, 2.75) is 155 Å². The summed E-state index contributed by atoms with van der Waals surface area (Å²) in [6, 6.07) is 0. The molecule has 5 nitrogen and oxygen atoms in total. The molecule has 0 bridgehead atoms. The third-order valence-corrected chi connectivity index (χ3v) is 6.47. The van der Waals surface area contributed by atoms with Crippen LogP contribution in [-0.2, 0) is 19.1 Å². The number of ether oxygens (including phenoxy) is 2. The molecule has 0 saturated carbocycles. The van der Waals surface area contributed by atoms with Crippen LogP contribution in [0, 0.1) is 0 Å². The Bertz CT molecular complexity index is 570. The van der Waals surface area contributed by atoms with Crippen LogP contribution in [0.2, 0.25) is 0 Å². The van der Waals surface area contributed by atoms with Crippen molar-refractivity contribution >= 4 is 11.9 Å². The Morgan fingerprint density at radius 1 is 0.595 bits per heavy atom. The second-order valence-electron chi connectivity index (χ2n) is 10.2. The van der Waals surface area contributed by atoms with Gasteiger partial charge in [0.1, 0.15) is 6.61 Å². The number of aliphatic hydroxyl groups excluding tert-OH is 1. The van der Waals surface area contributed by atoms with E-state index in [2.05, 4.69) is 38.2 Å². The molecule has 0 spiro atoms. The first-order valence-electron chi connectivity index (χ1n) is 15.4. The highest BCUT2D eigenvalue weighted by molar-refractivity contribution is 5.70. The lowest BCUT2D eigenvalue weighted by atomic mass is 10.1. The molecule has 0 rings (SSSR count). The molecule has 0 aliphatic carbocycles. The summed E-state index contributed by atoms with van der Waals surface area (Å²) >= 11 is 0. The van der Waals surface area contributed by atoms with Gasteiger partial charge in [-0.05, 0) is 57.8 Å². The average molecular weight is 523 g/mol. The van der Waals surface area contributed by atoms with Crippen molar-refractivity contribution < 1.29 is 24.2 Å². The van der Waals surface area contributed by atoms with Gasteiger partial charge in [0.25, 0.3) is 0 Å². The van der Waals surface area contributed by atoms with Crippen LogP contribution in [0.15, 0.2) is 24.3 Å². The number of hydrogen-bond donors (Lipinski definition) is 1. The number of esters is 2. The van der Waals surface area contributed by atoms with Gasteiger partial charge in [0.05, 0.1) is 6.61 Å². The van der Waals surface area contributed by atoms with Crippen molar-refractivity contribution in [1.82, 2.24) is 0 Å². The fourth-order valence-electron chi connectivity index (χ4n) is 4.06. The third-order valence-electron chi connectivity index (χ3n) is 6.47. The van der Waals surface area contributed by atoms with Crippen LogP contribution in [0.5, 0.6) is 0 Å². The van der Waals surface area contributed by atoms with Crippen molar-refractivity contribution in [3.63, 3.8) is 0 Å². The standard InChI is InChI=1S/C32H58O5/c1-3-5-7-9-11-13-15-17-19-21-23-25-27-32(35)37-30(28-33)29-36-31(34)26-24-22-20-18-16-14-12-10-8-6-4-2/h10-13,30,33H,3-9,14-29H2,1-2H3/b12-10-,13-11-. The predicted molar refractivity (Wildman–Crippen MR) is 155 cm³/mol. The zero-order valence-corrected chi connectivity index (χ0v) is 24.2. The van der Waals surface area contributed by atoms with E-state index in [0.717, 1.165) is 51.4 Å². The molecule has 5 heteroatoms. The van der Waals surface area contributed by atoms with Gasteiger partial charge in [-0.3, -0.25) is 9.59 Å². The lowest BCUT2D eigenvalue weighted by Crippen LogP contribution is -2.28. The van der Waals surface area contributed by atoms with Crippen molar-refractivity contribution in [3.05, 3.63) is 24.3 Å². The normalized spacial score (nSPS) is 12.4. The van der Waals surface area contributed by atoms with E-state index in [1.807, 2.05) is 0 Å². The second kappa shape index (κ2) is 28.9. The summed E-state index contributed by atoms with van der Waals surface area (Å²) in [5.74, 6) is -0.616. The molecule has 0 saturated heterocycles. The number of rotatable bonds is 27. The van der Waals surface area contributed by atoms with E-state index in [0.29, 0.717) is 12.8 Å². The Balaban J connectivity index is 3.63. The van der Waals surface area contributed by atoms with Gasteiger partial charge in [-0.15, -0.1) is 0 Å². The van der Waals surface area contributed by atoms with Gasteiger partial charge in [-0.25, -0.2) is 0 Å². The lowest BCUT2D eigenvalue weighted by Gasteiger charge is -2.15. The number of aliphatic hydroxyl groups is 1. The number of allylic oxidation sites excluding steroid dienone is 4. The van der Waals surface area contributed by atoms with Crippen LogP contribution in [0.3, 0.4) is 0 Å². The molecule has 0 radical (unpaired) electrons. The SMILES string of the molecule is CCCC/C=C\CCCCCCCC(=O)OCC(CO)OC(=O)CCCCCCC/C=C\CCCCC. The smallest absolute Gasteiger partial charge is 0.306 e. The Kier molecular flexibility index (Phi) is 27.7. The molecule has 1 N–H and O–H groups in total. The minimum absolute atomic E-state index is 0.0720. The molecular formula is C32H58O5. The van der Waals surface area contributed by atoms with Crippen LogP contribution in [0.25, 0.3) is 0 Å². The van der Waals surface area contributed by atoms with Crippen molar-refractivity contribution in [2.24, 2.45) is 0 Å². The summed E-state index contributed by atoms with van der Waals surface area (Å²) in [4.78, 5) is 24.0. The Morgan fingerprint density at radius 3 is 1.54 bits per heavy atom. The third kappa shape index (κ3) is 27.2. The maximum absolute atomic E-state index is 12.0. The van der Waals surface area contributed by atoms with Gasteiger partial charge in [-0.2, -0.15) is 0 Å². The second-order valence-corrected chi connectivity index (χ2v) is 10.2. The topological polar surface area (TPSA) is 72.8 Å². The molecule has 0 aliphatic rings. The van der Waals surface area contributed by atoms with Gasteiger partial charge in [0, 0.05) is 12.8 Å². The molecule has 0 heterocycles. The largest absolute Gasteiger partial charge is 0.462 e. The van der Waals surface area contributed by atoms with Crippen LogP contribution in [0.4, 0.5) is 0 Å². The highest BCUT2D eigenvalue weighted by Gasteiger charge is 2.16. The van der Waals surface area contributed by atoms with E-state index in [9.17, 15) is 14.7 Å². The van der Waals surface area contributed by atoms with Gasteiger partial charge in [0.2, 0.25) is 0 Å². The summed E-state index contributed by atoms with van der Waals surface area (Å²) in [6.07, 6.45) is 30.8. The first-order valence-corrected chi connectivity index (χ1v) is 15.4. The molecular weight excluding hydrogens is 464 g/mol. The van der Waals surface area contributed by atoms with E-state index in [1.54, 1.807) is 0 Å². The Labute approximate surface area is 228 Å².